The van der Waals surface area contributed by atoms with Gasteiger partial charge in [-0.1, -0.05) is 15.9 Å². The number of rotatable bonds is 2. The summed E-state index contributed by atoms with van der Waals surface area (Å²) in [6, 6.07) is 4.73. The Balaban J connectivity index is 2.68. The summed E-state index contributed by atoms with van der Waals surface area (Å²) < 4.78 is 15.3. The molecule has 0 saturated heterocycles. The lowest BCUT2D eigenvalue weighted by Gasteiger charge is -2.05. The van der Waals surface area contributed by atoms with E-state index >= 15 is 0 Å². The van der Waals surface area contributed by atoms with Gasteiger partial charge in [-0.05, 0) is 12.1 Å². The Morgan fingerprint density at radius 2 is 2.29 bits per heavy atom. The van der Waals surface area contributed by atoms with Gasteiger partial charge in [0.2, 0.25) is 0 Å². The van der Waals surface area contributed by atoms with Crippen LogP contribution in [0.1, 0.15) is 6.42 Å². The summed E-state index contributed by atoms with van der Waals surface area (Å²) in [7, 11) is 0. The quantitative estimate of drug-likeness (QED) is 0.853. The summed E-state index contributed by atoms with van der Waals surface area (Å²) in [6.07, 6.45) is 1.47. The van der Waals surface area contributed by atoms with E-state index < -0.39 is 5.82 Å². The van der Waals surface area contributed by atoms with Crippen molar-refractivity contribution in [3.8, 4) is 6.07 Å². The molecule has 17 heavy (non-hydrogen) atoms. The third-order valence-electron chi connectivity index (χ3n) is 2.31. The first-order valence-corrected chi connectivity index (χ1v) is 5.64. The smallest absolute Gasteiger partial charge is 0.261 e. The zero-order valence-corrected chi connectivity index (χ0v) is 10.2. The van der Waals surface area contributed by atoms with Crippen molar-refractivity contribution in [2.45, 2.75) is 13.0 Å². The summed E-state index contributed by atoms with van der Waals surface area (Å²) in [4.78, 5) is 15.9. The number of nitriles is 1. The van der Waals surface area contributed by atoms with E-state index in [0.29, 0.717) is 4.47 Å². The zero-order valence-electron chi connectivity index (χ0n) is 8.65. The maximum atomic E-state index is 13.5. The van der Waals surface area contributed by atoms with E-state index in [-0.39, 0.29) is 29.4 Å². The van der Waals surface area contributed by atoms with Gasteiger partial charge in [-0.3, -0.25) is 9.36 Å². The summed E-state index contributed by atoms with van der Waals surface area (Å²) in [6.45, 7) is 0.256. The van der Waals surface area contributed by atoms with Gasteiger partial charge in [0, 0.05) is 11.0 Å². The van der Waals surface area contributed by atoms with E-state index in [1.54, 1.807) is 0 Å². The summed E-state index contributed by atoms with van der Waals surface area (Å²) in [5, 5.41) is 8.67. The third-order valence-corrected chi connectivity index (χ3v) is 2.77. The fraction of sp³-hybridized carbons (Fsp3) is 0.182. The second-order valence-electron chi connectivity index (χ2n) is 3.44. The van der Waals surface area contributed by atoms with Crippen LogP contribution < -0.4 is 5.56 Å². The van der Waals surface area contributed by atoms with Crippen LogP contribution in [-0.2, 0) is 6.54 Å². The van der Waals surface area contributed by atoms with Gasteiger partial charge < -0.3 is 0 Å². The first-order chi connectivity index (χ1) is 8.13. The number of halogens is 2. The molecule has 0 spiro atoms. The normalized spacial score (nSPS) is 10.4. The largest absolute Gasteiger partial charge is 0.298 e. The van der Waals surface area contributed by atoms with Crippen LogP contribution in [0.2, 0.25) is 0 Å². The molecule has 0 unspecified atom stereocenters. The average Bonchev–Trinajstić information content (AvgIpc) is 2.29. The van der Waals surface area contributed by atoms with Gasteiger partial charge in [-0.2, -0.15) is 5.26 Å². The second-order valence-corrected chi connectivity index (χ2v) is 4.35. The number of hydrogen-bond acceptors (Lipinski definition) is 3. The minimum Gasteiger partial charge on any atom is -0.298 e. The molecule has 1 aromatic heterocycles. The van der Waals surface area contributed by atoms with Crippen LogP contribution in [0.15, 0.2) is 27.7 Å². The van der Waals surface area contributed by atoms with Crippen LogP contribution in [0.3, 0.4) is 0 Å². The van der Waals surface area contributed by atoms with Crippen LogP contribution in [-0.4, -0.2) is 9.55 Å². The monoisotopic (exact) mass is 295 g/mol. The molecule has 0 fully saturated rings. The number of benzene rings is 1. The zero-order chi connectivity index (χ0) is 12.4. The van der Waals surface area contributed by atoms with Crippen LogP contribution in [0.5, 0.6) is 0 Å². The highest BCUT2D eigenvalue weighted by atomic mass is 79.9. The van der Waals surface area contributed by atoms with Crippen LogP contribution in [0.25, 0.3) is 10.9 Å². The Morgan fingerprint density at radius 3 is 3.00 bits per heavy atom. The molecule has 2 rings (SSSR count). The molecule has 0 saturated carbocycles. The van der Waals surface area contributed by atoms with E-state index in [1.807, 2.05) is 6.07 Å². The third kappa shape index (κ3) is 2.19. The molecule has 86 valence electrons. The predicted molar refractivity (Wildman–Crippen MR) is 63.9 cm³/mol. The predicted octanol–water partition coefficient (Wildman–Crippen LogP) is 2.21. The lowest BCUT2D eigenvalue weighted by molar-refractivity contribution is 0.630. The van der Waals surface area contributed by atoms with Gasteiger partial charge in [0.1, 0.15) is 5.52 Å². The molecular weight excluding hydrogens is 289 g/mol. The molecular formula is C11H7BrFN3O. The number of aryl methyl sites for hydroxylation is 1. The molecule has 1 heterocycles. The Labute approximate surface area is 104 Å². The highest BCUT2D eigenvalue weighted by Gasteiger charge is 2.09. The standard InChI is InChI=1S/C11H7BrFN3O/c12-7-4-8-10(9(13)5-7)15-6-16(11(8)17)3-1-2-14/h4-6H,1,3H2. The molecule has 0 aliphatic carbocycles. The van der Waals surface area contributed by atoms with Gasteiger partial charge in [0.15, 0.2) is 5.82 Å². The first-order valence-electron chi connectivity index (χ1n) is 4.84. The van der Waals surface area contributed by atoms with Crippen molar-refractivity contribution in [2.75, 3.05) is 0 Å². The summed E-state index contributed by atoms with van der Waals surface area (Å²) in [5.74, 6) is -0.543. The van der Waals surface area contributed by atoms with Gasteiger partial charge in [-0.25, -0.2) is 9.37 Å². The van der Waals surface area contributed by atoms with Gasteiger partial charge >= 0.3 is 0 Å². The molecule has 0 aliphatic heterocycles. The van der Waals surface area contributed by atoms with Crippen molar-refractivity contribution in [3.05, 3.63) is 39.1 Å². The summed E-state index contributed by atoms with van der Waals surface area (Å²) >= 11 is 3.13. The second kappa shape index (κ2) is 4.63. The molecule has 6 heteroatoms. The lowest BCUT2D eigenvalue weighted by atomic mass is 10.2. The molecule has 0 radical (unpaired) electrons. The number of fused-ring (bicyclic) bond motifs is 1. The molecule has 4 nitrogen and oxygen atoms in total. The number of aromatic nitrogens is 2. The van der Waals surface area contributed by atoms with Crippen LogP contribution >= 0.6 is 15.9 Å². The van der Waals surface area contributed by atoms with Gasteiger partial charge in [0.05, 0.1) is 24.2 Å². The van der Waals surface area contributed by atoms with Crippen molar-refractivity contribution < 1.29 is 4.39 Å². The van der Waals surface area contributed by atoms with Crippen LogP contribution in [0, 0.1) is 17.1 Å². The molecule has 2 aromatic rings. The van der Waals surface area contributed by atoms with Crippen molar-refractivity contribution in [3.63, 3.8) is 0 Å². The molecule has 0 bridgehead atoms. The maximum Gasteiger partial charge on any atom is 0.261 e. The van der Waals surface area contributed by atoms with Gasteiger partial charge in [-0.15, -0.1) is 0 Å². The molecule has 0 aliphatic rings. The minimum absolute atomic E-state index is 0.0476. The fourth-order valence-corrected chi connectivity index (χ4v) is 1.95. The number of nitrogens with zero attached hydrogens (tertiary/aromatic N) is 3. The van der Waals surface area contributed by atoms with Crippen molar-refractivity contribution in [2.24, 2.45) is 0 Å². The molecule has 1 aromatic carbocycles. The van der Waals surface area contributed by atoms with Crippen molar-refractivity contribution in [1.29, 1.82) is 5.26 Å². The Kier molecular flexibility index (Phi) is 3.20. The van der Waals surface area contributed by atoms with Crippen molar-refractivity contribution in [1.82, 2.24) is 9.55 Å². The lowest BCUT2D eigenvalue weighted by Crippen LogP contribution is -2.20. The van der Waals surface area contributed by atoms with E-state index in [2.05, 4.69) is 20.9 Å². The molecule has 0 amide bonds. The Morgan fingerprint density at radius 1 is 1.53 bits per heavy atom. The summed E-state index contributed by atoms with van der Waals surface area (Å²) in [5.41, 5.74) is -0.295. The van der Waals surface area contributed by atoms with E-state index in [9.17, 15) is 9.18 Å². The Bertz CT molecular complexity index is 675. The van der Waals surface area contributed by atoms with E-state index in [4.69, 9.17) is 5.26 Å². The van der Waals surface area contributed by atoms with E-state index in [0.717, 1.165) is 0 Å². The molecule has 0 N–H and O–H groups in total. The fourth-order valence-electron chi connectivity index (χ4n) is 1.52. The topological polar surface area (TPSA) is 58.7 Å². The average molecular weight is 296 g/mol. The number of hydrogen-bond donors (Lipinski definition) is 0. The molecule has 0 atom stereocenters. The van der Waals surface area contributed by atoms with Crippen molar-refractivity contribution >= 4 is 26.8 Å². The minimum atomic E-state index is -0.543. The highest BCUT2D eigenvalue weighted by Crippen LogP contribution is 2.18. The first kappa shape index (κ1) is 11.7. The van der Waals surface area contributed by atoms with Gasteiger partial charge in [0.25, 0.3) is 5.56 Å². The van der Waals surface area contributed by atoms with Crippen LogP contribution in [0.4, 0.5) is 4.39 Å². The SMILES string of the molecule is N#CCCn1cnc2c(F)cc(Br)cc2c1=O. The highest BCUT2D eigenvalue weighted by molar-refractivity contribution is 9.10. The Hall–Kier alpha value is -1.74. The van der Waals surface area contributed by atoms with E-state index in [1.165, 1.54) is 23.0 Å². The maximum absolute atomic E-state index is 13.5.